The van der Waals surface area contributed by atoms with Crippen molar-refractivity contribution in [3.63, 3.8) is 0 Å². The lowest BCUT2D eigenvalue weighted by molar-refractivity contribution is 0.0464. The first-order valence-corrected chi connectivity index (χ1v) is 12.6. The number of hydrogen-bond acceptors (Lipinski definition) is 7. The maximum atomic E-state index is 15.2. The van der Waals surface area contributed by atoms with E-state index in [0.717, 1.165) is 16.5 Å². The minimum atomic E-state index is -0.943. The third-order valence-corrected chi connectivity index (χ3v) is 8.27. The minimum Gasteiger partial charge on any atom is -0.502 e. The fourth-order valence-corrected chi connectivity index (χ4v) is 6.61. The van der Waals surface area contributed by atoms with Crippen molar-refractivity contribution < 1.29 is 18.7 Å². The maximum absolute atomic E-state index is 15.2. The average Bonchev–Trinajstić information content (AvgIpc) is 3.32. The molecule has 4 aromatic rings. The Labute approximate surface area is 212 Å². The van der Waals surface area contributed by atoms with E-state index >= 15 is 4.39 Å². The van der Waals surface area contributed by atoms with Crippen molar-refractivity contribution >= 4 is 17.7 Å². The Hall–Kier alpha value is -4.19. The van der Waals surface area contributed by atoms with Gasteiger partial charge in [0.2, 0.25) is 5.43 Å². The number of carbonyl (C=O) groups is 1. The number of hydrogen-bond donors (Lipinski definition) is 1. The van der Waals surface area contributed by atoms with E-state index in [-0.39, 0.29) is 23.6 Å². The van der Waals surface area contributed by atoms with Crippen molar-refractivity contribution in [3.05, 3.63) is 105 Å². The van der Waals surface area contributed by atoms with Gasteiger partial charge in [-0.3, -0.25) is 19.3 Å². The summed E-state index contributed by atoms with van der Waals surface area (Å²) in [7, 11) is 0. The van der Waals surface area contributed by atoms with Gasteiger partial charge in [-0.2, -0.15) is 0 Å². The maximum Gasteiger partial charge on any atom is 0.278 e. The number of rotatable bonds is 1. The van der Waals surface area contributed by atoms with Crippen LogP contribution in [-0.4, -0.2) is 42.1 Å². The molecule has 37 heavy (non-hydrogen) atoms. The molecule has 0 aliphatic carbocycles. The molecule has 3 aliphatic heterocycles. The number of carbonyl (C=O) groups excluding carboxylic acids is 1. The Bertz CT molecular complexity index is 1670. The molecule has 0 saturated heterocycles. The van der Waals surface area contributed by atoms with Crippen molar-refractivity contribution in [1.29, 1.82) is 0 Å². The number of aromatic hydroxyl groups is 1. The van der Waals surface area contributed by atoms with E-state index in [2.05, 4.69) is 10.3 Å². The average molecular weight is 521 g/mol. The van der Waals surface area contributed by atoms with E-state index in [4.69, 9.17) is 0 Å². The van der Waals surface area contributed by atoms with Crippen molar-refractivity contribution in [1.82, 2.24) is 24.6 Å². The molecule has 2 aromatic heterocycles. The number of pyridine rings is 1. The summed E-state index contributed by atoms with van der Waals surface area (Å²) in [6.07, 6.45) is 2.23. The highest BCUT2D eigenvalue weighted by atomic mass is 32.2. The Balaban J connectivity index is 1.58. The quantitative estimate of drug-likeness (QED) is 0.412. The lowest BCUT2D eigenvalue weighted by atomic mass is 9.92. The molecule has 3 aliphatic rings. The Kier molecular flexibility index (Phi) is 4.71. The van der Waals surface area contributed by atoms with Gasteiger partial charge in [0.05, 0.1) is 18.8 Å². The fraction of sp³-hybridized carbons (Fsp3) is 0.200. The highest BCUT2D eigenvalue weighted by molar-refractivity contribution is 7.98. The molecule has 0 saturated carbocycles. The van der Waals surface area contributed by atoms with Gasteiger partial charge in [-0.1, -0.05) is 29.5 Å². The van der Waals surface area contributed by atoms with Crippen molar-refractivity contribution in [2.24, 2.45) is 0 Å². The predicted molar refractivity (Wildman–Crippen MR) is 129 cm³/mol. The van der Waals surface area contributed by atoms with Crippen LogP contribution >= 0.6 is 11.8 Å². The number of halogens is 2. The molecule has 186 valence electrons. The zero-order valence-corrected chi connectivity index (χ0v) is 19.9. The van der Waals surface area contributed by atoms with Gasteiger partial charge >= 0.3 is 0 Å². The van der Waals surface area contributed by atoms with Gasteiger partial charge in [0.25, 0.3) is 5.91 Å². The summed E-state index contributed by atoms with van der Waals surface area (Å²) in [5.41, 5.74) is 1.26. The topological polar surface area (TPSA) is 96.5 Å². The zero-order valence-electron chi connectivity index (χ0n) is 19.1. The SMILES string of the molecule is O=C1c2c(O)c(=O)ccn2N([C@H]2c3ccccc3SCc3c2ccc(F)c3F)[C@@H]2c3cnnn3CCN12. The third-order valence-electron chi connectivity index (χ3n) is 7.15. The van der Waals surface area contributed by atoms with Crippen LogP contribution in [0.25, 0.3) is 0 Å². The molecule has 12 heteroatoms. The van der Waals surface area contributed by atoms with Gasteiger partial charge in [-0.15, -0.1) is 16.9 Å². The van der Waals surface area contributed by atoms with Gasteiger partial charge in [0.15, 0.2) is 29.2 Å². The molecule has 9 nitrogen and oxygen atoms in total. The zero-order chi connectivity index (χ0) is 25.4. The summed E-state index contributed by atoms with van der Waals surface area (Å²) in [6, 6.07) is 10.7. The summed E-state index contributed by atoms with van der Waals surface area (Å²) in [5, 5.41) is 20.8. The summed E-state index contributed by atoms with van der Waals surface area (Å²) in [6.45, 7) is 0.614. The van der Waals surface area contributed by atoms with Crippen LogP contribution in [0.3, 0.4) is 0 Å². The monoisotopic (exact) mass is 520 g/mol. The van der Waals surface area contributed by atoms with Crippen LogP contribution in [0.5, 0.6) is 5.75 Å². The van der Waals surface area contributed by atoms with Crippen LogP contribution in [0.15, 0.2) is 64.5 Å². The second kappa shape index (κ2) is 7.90. The normalized spacial score (nSPS) is 19.9. The summed E-state index contributed by atoms with van der Waals surface area (Å²) >= 11 is 1.39. The molecule has 5 heterocycles. The molecular weight excluding hydrogens is 502 g/mol. The van der Waals surface area contributed by atoms with Gasteiger partial charge < -0.3 is 10.0 Å². The van der Waals surface area contributed by atoms with Crippen LogP contribution < -0.4 is 10.4 Å². The van der Waals surface area contributed by atoms with Gasteiger partial charge in [-0.25, -0.2) is 13.5 Å². The van der Waals surface area contributed by atoms with Crippen molar-refractivity contribution in [3.8, 4) is 5.75 Å². The number of nitrogens with zero attached hydrogens (tertiary/aromatic N) is 6. The number of amides is 1. The van der Waals surface area contributed by atoms with Crippen molar-refractivity contribution in [2.45, 2.75) is 29.4 Å². The fourth-order valence-electron chi connectivity index (χ4n) is 5.49. The summed E-state index contributed by atoms with van der Waals surface area (Å²) in [5.74, 6) is -2.86. The number of aromatic nitrogens is 4. The minimum absolute atomic E-state index is 0.191. The molecule has 0 unspecified atom stereocenters. The smallest absolute Gasteiger partial charge is 0.278 e. The van der Waals surface area contributed by atoms with Crippen LogP contribution in [0.1, 0.15) is 45.1 Å². The third kappa shape index (κ3) is 3.02. The standard InChI is InChI=1S/C25H18F2N6O3S/c26-16-6-5-13-15(20(16)27)12-37-19-4-2-1-3-14(19)21(13)33-24-17-11-28-29-31(17)10-9-30(24)25(36)22-23(35)18(34)7-8-32(22)33/h1-8,11,21,24,35H,9-10,12H2/t21-,24-/m1/s1. The number of thioether (sulfide) groups is 1. The molecule has 1 amide bonds. The van der Waals surface area contributed by atoms with E-state index in [0.29, 0.717) is 17.8 Å². The van der Waals surface area contributed by atoms with Crippen LogP contribution in [0.4, 0.5) is 8.78 Å². The van der Waals surface area contributed by atoms with E-state index < -0.39 is 40.9 Å². The van der Waals surface area contributed by atoms with Crippen LogP contribution in [-0.2, 0) is 12.3 Å². The molecule has 1 N–H and O–H groups in total. The Morgan fingerprint density at radius 1 is 1.03 bits per heavy atom. The van der Waals surface area contributed by atoms with E-state index in [1.54, 1.807) is 21.8 Å². The van der Waals surface area contributed by atoms with Crippen LogP contribution in [0, 0.1) is 11.6 Å². The van der Waals surface area contributed by atoms with Crippen LogP contribution in [0.2, 0.25) is 0 Å². The van der Waals surface area contributed by atoms with E-state index in [1.165, 1.54) is 28.7 Å². The highest BCUT2D eigenvalue weighted by Gasteiger charge is 2.48. The second-order valence-electron chi connectivity index (χ2n) is 9.01. The van der Waals surface area contributed by atoms with E-state index in [9.17, 15) is 19.1 Å². The molecule has 2 aromatic carbocycles. The molecule has 0 radical (unpaired) electrons. The van der Waals surface area contributed by atoms with Gasteiger partial charge in [0.1, 0.15) is 5.69 Å². The molecule has 2 atom stereocenters. The van der Waals surface area contributed by atoms with Gasteiger partial charge in [0, 0.05) is 35.0 Å². The van der Waals surface area contributed by atoms with E-state index in [1.807, 2.05) is 29.3 Å². The van der Waals surface area contributed by atoms with Gasteiger partial charge in [-0.05, 0) is 23.3 Å². The molecule has 0 fully saturated rings. The molecular formula is C25H18F2N6O3S. The summed E-state index contributed by atoms with van der Waals surface area (Å²) < 4.78 is 32.8. The number of benzene rings is 2. The number of fused-ring (bicyclic) bond motifs is 6. The predicted octanol–water partition coefficient (Wildman–Crippen LogP) is 2.93. The first-order valence-electron chi connectivity index (χ1n) is 11.6. The second-order valence-corrected chi connectivity index (χ2v) is 10.0. The lowest BCUT2D eigenvalue weighted by Crippen LogP contribution is -2.60. The largest absolute Gasteiger partial charge is 0.502 e. The molecule has 0 bridgehead atoms. The Morgan fingerprint density at radius 3 is 2.73 bits per heavy atom. The molecule has 7 rings (SSSR count). The highest BCUT2D eigenvalue weighted by Crippen LogP contribution is 2.47. The molecule has 0 spiro atoms. The first kappa shape index (κ1) is 22.0. The van der Waals surface area contributed by atoms with Crippen molar-refractivity contribution in [2.75, 3.05) is 11.6 Å². The first-order chi connectivity index (χ1) is 18.0. The summed E-state index contributed by atoms with van der Waals surface area (Å²) in [4.78, 5) is 28.5. The Morgan fingerprint density at radius 2 is 1.86 bits per heavy atom. The lowest BCUT2D eigenvalue weighted by Gasteiger charge is -2.51.